The van der Waals surface area contributed by atoms with Gasteiger partial charge in [0.25, 0.3) is 0 Å². The number of anilines is 1. The summed E-state index contributed by atoms with van der Waals surface area (Å²) in [6.07, 6.45) is 0.517. The standard InChI is InChI=1S/C15H13NOS/c17-15-10-14(11-6-2-1-3-7-11)18-13-9-5-4-8-12(13)16-15/h1-9,14H,10H2,(H,16,17)/t14-/m1/s1. The van der Waals surface area contributed by atoms with Crippen molar-refractivity contribution >= 4 is 23.4 Å². The Hall–Kier alpha value is -1.74. The summed E-state index contributed by atoms with van der Waals surface area (Å²) in [7, 11) is 0. The lowest BCUT2D eigenvalue weighted by atomic mass is 10.1. The van der Waals surface area contributed by atoms with Crippen molar-refractivity contribution in [2.45, 2.75) is 16.6 Å². The van der Waals surface area contributed by atoms with Crippen LogP contribution in [0.2, 0.25) is 0 Å². The van der Waals surface area contributed by atoms with E-state index >= 15 is 0 Å². The summed E-state index contributed by atoms with van der Waals surface area (Å²) in [6.45, 7) is 0. The van der Waals surface area contributed by atoms with Crippen molar-refractivity contribution in [2.75, 3.05) is 5.32 Å². The van der Waals surface area contributed by atoms with Gasteiger partial charge in [0.15, 0.2) is 0 Å². The minimum atomic E-state index is 0.0845. The zero-order valence-electron chi connectivity index (χ0n) is 9.80. The van der Waals surface area contributed by atoms with Crippen molar-refractivity contribution in [3.63, 3.8) is 0 Å². The number of rotatable bonds is 1. The fraction of sp³-hybridized carbons (Fsp3) is 0.133. The Morgan fingerprint density at radius 1 is 1.00 bits per heavy atom. The van der Waals surface area contributed by atoms with Crippen molar-refractivity contribution < 1.29 is 4.79 Å². The molecular weight excluding hydrogens is 242 g/mol. The van der Waals surface area contributed by atoms with Crippen molar-refractivity contribution in [3.05, 3.63) is 60.2 Å². The third-order valence-electron chi connectivity index (χ3n) is 2.97. The summed E-state index contributed by atoms with van der Waals surface area (Å²) in [5.74, 6) is 0.0845. The van der Waals surface area contributed by atoms with Crippen molar-refractivity contribution in [2.24, 2.45) is 0 Å². The Morgan fingerprint density at radius 3 is 2.56 bits per heavy atom. The second-order valence-electron chi connectivity index (χ2n) is 4.27. The highest BCUT2D eigenvalue weighted by Gasteiger charge is 2.22. The number of nitrogens with one attached hydrogen (secondary N) is 1. The lowest BCUT2D eigenvalue weighted by Crippen LogP contribution is -2.11. The van der Waals surface area contributed by atoms with E-state index in [1.54, 1.807) is 11.8 Å². The van der Waals surface area contributed by atoms with Crippen molar-refractivity contribution in [1.29, 1.82) is 0 Å². The quantitative estimate of drug-likeness (QED) is 0.838. The van der Waals surface area contributed by atoms with Crippen molar-refractivity contribution in [1.82, 2.24) is 0 Å². The van der Waals surface area contributed by atoms with Crippen LogP contribution in [0.4, 0.5) is 5.69 Å². The highest BCUT2D eigenvalue weighted by Crippen LogP contribution is 2.43. The third kappa shape index (κ3) is 2.27. The van der Waals surface area contributed by atoms with Gasteiger partial charge in [-0.2, -0.15) is 0 Å². The molecule has 2 nitrogen and oxygen atoms in total. The molecule has 2 aromatic carbocycles. The molecule has 1 heterocycles. The number of thioether (sulfide) groups is 1. The Labute approximate surface area is 110 Å². The molecule has 0 aliphatic carbocycles. The fourth-order valence-electron chi connectivity index (χ4n) is 2.09. The smallest absolute Gasteiger partial charge is 0.225 e. The highest BCUT2D eigenvalue weighted by atomic mass is 32.2. The van der Waals surface area contributed by atoms with E-state index in [0.29, 0.717) is 6.42 Å². The van der Waals surface area contributed by atoms with Crippen LogP contribution in [0.25, 0.3) is 0 Å². The molecule has 18 heavy (non-hydrogen) atoms. The molecule has 3 rings (SSSR count). The van der Waals surface area contributed by atoms with E-state index in [1.807, 2.05) is 36.4 Å². The molecule has 0 bridgehead atoms. The largest absolute Gasteiger partial charge is 0.325 e. The first-order valence-electron chi connectivity index (χ1n) is 5.93. The van der Waals surface area contributed by atoms with E-state index in [9.17, 15) is 4.79 Å². The van der Waals surface area contributed by atoms with E-state index in [-0.39, 0.29) is 11.2 Å². The van der Waals surface area contributed by atoms with Gasteiger partial charge in [-0.1, -0.05) is 42.5 Å². The number of para-hydroxylation sites is 1. The summed E-state index contributed by atoms with van der Waals surface area (Å²) in [4.78, 5) is 13.0. The molecule has 1 aliphatic rings. The topological polar surface area (TPSA) is 29.1 Å². The molecule has 0 fully saturated rings. The van der Waals surface area contributed by atoms with Gasteiger partial charge in [-0.25, -0.2) is 0 Å². The number of carbonyl (C=O) groups excluding carboxylic acids is 1. The maximum atomic E-state index is 11.9. The van der Waals surface area contributed by atoms with E-state index in [0.717, 1.165) is 10.6 Å². The van der Waals surface area contributed by atoms with E-state index in [1.165, 1.54) is 5.56 Å². The van der Waals surface area contributed by atoms with Gasteiger partial charge < -0.3 is 5.32 Å². The SMILES string of the molecule is O=C1C[C@H](c2ccccc2)Sc2ccccc2N1. The number of carbonyl (C=O) groups is 1. The van der Waals surface area contributed by atoms with Gasteiger partial charge in [0.05, 0.1) is 5.69 Å². The van der Waals surface area contributed by atoms with Crippen LogP contribution in [0.15, 0.2) is 59.5 Å². The molecule has 90 valence electrons. The zero-order valence-corrected chi connectivity index (χ0v) is 10.6. The van der Waals surface area contributed by atoms with Crippen LogP contribution in [0, 0.1) is 0 Å². The van der Waals surface area contributed by atoms with Gasteiger partial charge in [0.1, 0.15) is 0 Å². The van der Waals surface area contributed by atoms with Gasteiger partial charge >= 0.3 is 0 Å². The molecule has 1 aliphatic heterocycles. The molecule has 2 aromatic rings. The van der Waals surface area contributed by atoms with Gasteiger partial charge in [0, 0.05) is 16.6 Å². The molecule has 1 amide bonds. The molecule has 0 aromatic heterocycles. The van der Waals surface area contributed by atoms with Crippen LogP contribution in [-0.2, 0) is 4.79 Å². The highest BCUT2D eigenvalue weighted by molar-refractivity contribution is 7.99. The number of hydrogen-bond donors (Lipinski definition) is 1. The Balaban J connectivity index is 1.97. The average molecular weight is 255 g/mol. The van der Waals surface area contributed by atoms with Crippen LogP contribution >= 0.6 is 11.8 Å². The maximum Gasteiger partial charge on any atom is 0.225 e. The number of fused-ring (bicyclic) bond motifs is 1. The zero-order chi connectivity index (χ0) is 12.4. The number of amides is 1. The molecule has 0 saturated heterocycles. The average Bonchev–Trinajstić information content (AvgIpc) is 2.57. The van der Waals surface area contributed by atoms with Crippen LogP contribution < -0.4 is 5.32 Å². The van der Waals surface area contributed by atoms with Crippen LogP contribution in [-0.4, -0.2) is 5.91 Å². The minimum absolute atomic E-state index is 0.0845. The normalized spacial score (nSPS) is 18.7. The van der Waals surface area contributed by atoms with E-state index in [4.69, 9.17) is 0 Å². The van der Waals surface area contributed by atoms with Gasteiger partial charge in [0.2, 0.25) is 5.91 Å². The Morgan fingerprint density at radius 2 is 1.72 bits per heavy atom. The molecule has 3 heteroatoms. The summed E-state index contributed by atoms with van der Waals surface area (Å²) in [6, 6.07) is 18.2. The van der Waals surface area contributed by atoms with Crippen LogP contribution in [0.3, 0.4) is 0 Å². The Kier molecular flexibility index (Phi) is 3.07. The van der Waals surface area contributed by atoms with E-state index < -0.39 is 0 Å². The second kappa shape index (κ2) is 4.86. The van der Waals surface area contributed by atoms with Crippen molar-refractivity contribution in [3.8, 4) is 0 Å². The summed E-state index contributed by atoms with van der Waals surface area (Å²) >= 11 is 1.75. The minimum Gasteiger partial charge on any atom is -0.325 e. The van der Waals surface area contributed by atoms with E-state index in [2.05, 4.69) is 23.5 Å². The summed E-state index contributed by atoms with van der Waals surface area (Å²) < 4.78 is 0. The fourth-order valence-corrected chi connectivity index (χ4v) is 3.33. The Bertz CT molecular complexity index is 568. The lowest BCUT2D eigenvalue weighted by Gasteiger charge is -2.13. The monoisotopic (exact) mass is 255 g/mol. The first-order chi connectivity index (χ1) is 8.83. The first-order valence-corrected chi connectivity index (χ1v) is 6.81. The van der Waals surface area contributed by atoms with Gasteiger partial charge in [-0.15, -0.1) is 11.8 Å². The number of hydrogen-bond acceptors (Lipinski definition) is 2. The lowest BCUT2D eigenvalue weighted by molar-refractivity contribution is -0.116. The number of benzene rings is 2. The second-order valence-corrected chi connectivity index (χ2v) is 5.51. The molecule has 0 saturated carbocycles. The van der Waals surface area contributed by atoms with Gasteiger partial charge in [-0.3, -0.25) is 4.79 Å². The van der Waals surface area contributed by atoms with Gasteiger partial charge in [-0.05, 0) is 17.7 Å². The molecule has 1 atom stereocenters. The molecule has 0 radical (unpaired) electrons. The molecular formula is C15H13NOS. The summed E-state index contributed by atoms with van der Waals surface area (Å²) in [5.41, 5.74) is 2.13. The predicted molar refractivity (Wildman–Crippen MR) is 74.7 cm³/mol. The molecule has 0 unspecified atom stereocenters. The first kappa shape index (κ1) is 11.4. The predicted octanol–water partition coefficient (Wildman–Crippen LogP) is 3.86. The van der Waals surface area contributed by atoms with Crippen LogP contribution in [0.5, 0.6) is 0 Å². The molecule has 0 spiro atoms. The maximum absolute atomic E-state index is 11.9. The third-order valence-corrected chi connectivity index (χ3v) is 4.31. The summed E-state index contributed by atoms with van der Waals surface area (Å²) in [5, 5.41) is 3.15. The van der Waals surface area contributed by atoms with Crippen LogP contribution in [0.1, 0.15) is 17.2 Å². The molecule has 1 N–H and O–H groups in total.